The second kappa shape index (κ2) is 12.5. The van der Waals surface area contributed by atoms with Crippen LogP contribution in [-0.2, 0) is 30.8 Å². The minimum Gasteiger partial charge on any atom is -0.458 e. The lowest BCUT2D eigenvalue weighted by molar-refractivity contribution is -0.149. The first-order chi connectivity index (χ1) is 15.2. The fraction of sp³-hybridized carbons (Fsp3) is 0.667. The highest BCUT2D eigenvalue weighted by Crippen LogP contribution is 2.32. The molecule has 1 N–H and O–H groups in total. The standard InChI is InChI=1S/C27H42O5/c1-7-20(18-30-5)14-19(2)24-16-23(31-6)17-25(28)27(3,4)22-12-8-10-21(15-22)11-9-13-26(29)32-24/h8,10,12,14-15,20,23-25,28H,7,9,11,13,16-18H2,1-6H3/b19-14-/t20-,23-,24?,25+/m1/s1. The van der Waals surface area contributed by atoms with Gasteiger partial charge in [0.25, 0.3) is 0 Å². The molecule has 2 rings (SSSR count). The summed E-state index contributed by atoms with van der Waals surface area (Å²) < 4.78 is 17.0. The number of esters is 1. The van der Waals surface area contributed by atoms with E-state index in [4.69, 9.17) is 14.2 Å². The van der Waals surface area contributed by atoms with Crippen LogP contribution in [-0.4, -0.2) is 50.2 Å². The van der Waals surface area contributed by atoms with Crippen molar-refractivity contribution in [1.82, 2.24) is 0 Å². The average molecular weight is 447 g/mol. The third-order valence-electron chi connectivity index (χ3n) is 6.83. The summed E-state index contributed by atoms with van der Waals surface area (Å²) in [5.74, 6) is 0.0776. The maximum absolute atomic E-state index is 12.7. The van der Waals surface area contributed by atoms with Crippen molar-refractivity contribution in [2.45, 2.75) is 89.9 Å². The molecule has 1 unspecified atom stereocenters. The molecule has 0 saturated carbocycles. The summed E-state index contributed by atoms with van der Waals surface area (Å²) in [7, 11) is 3.36. The number of aliphatic hydroxyl groups is 1. The predicted octanol–water partition coefficient (Wildman–Crippen LogP) is 4.99. The maximum atomic E-state index is 12.7. The van der Waals surface area contributed by atoms with Crippen LogP contribution in [0.4, 0.5) is 0 Å². The number of carbonyl (C=O) groups excluding carboxylic acids is 1. The molecule has 2 bridgehead atoms. The fourth-order valence-corrected chi connectivity index (χ4v) is 4.35. The Balaban J connectivity index is 2.33. The first kappa shape index (κ1) is 26.6. The van der Waals surface area contributed by atoms with E-state index in [0.29, 0.717) is 25.9 Å². The molecule has 0 aliphatic carbocycles. The van der Waals surface area contributed by atoms with Gasteiger partial charge in [-0.25, -0.2) is 0 Å². The van der Waals surface area contributed by atoms with Gasteiger partial charge in [0.1, 0.15) is 6.10 Å². The molecule has 0 saturated heterocycles. The highest BCUT2D eigenvalue weighted by molar-refractivity contribution is 5.69. The normalized spacial score (nSPS) is 26.2. The van der Waals surface area contributed by atoms with Crippen LogP contribution in [0.5, 0.6) is 0 Å². The number of carbonyl (C=O) groups is 1. The van der Waals surface area contributed by atoms with Crippen molar-refractivity contribution in [1.29, 1.82) is 0 Å². The smallest absolute Gasteiger partial charge is 0.306 e. The van der Waals surface area contributed by atoms with E-state index in [-0.39, 0.29) is 24.1 Å². The lowest BCUT2D eigenvalue weighted by Crippen LogP contribution is -2.38. The molecule has 0 fully saturated rings. The summed E-state index contributed by atoms with van der Waals surface area (Å²) in [5.41, 5.74) is 2.87. The van der Waals surface area contributed by atoms with Crippen molar-refractivity contribution in [2.75, 3.05) is 20.8 Å². The van der Waals surface area contributed by atoms with Crippen molar-refractivity contribution in [3.05, 3.63) is 47.0 Å². The first-order valence-electron chi connectivity index (χ1n) is 11.9. The second-order valence-corrected chi connectivity index (χ2v) is 9.63. The highest BCUT2D eigenvalue weighted by atomic mass is 16.5. The molecular formula is C27H42O5. The Morgan fingerprint density at radius 1 is 1.28 bits per heavy atom. The Kier molecular flexibility index (Phi) is 10.4. The van der Waals surface area contributed by atoms with Gasteiger partial charge in [-0.15, -0.1) is 0 Å². The van der Waals surface area contributed by atoms with E-state index in [1.54, 1.807) is 14.2 Å². The fourth-order valence-electron chi connectivity index (χ4n) is 4.35. The zero-order chi connectivity index (χ0) is 23.7. The molecule has 0 amide bonds. The lowest BCUT2D eigenvalue weighted by atomic mass is 9.76. The zero-order valence-electron chi connectivity index (χ0n) is 20.7. The van der Waals surface area contributed by atoms with E-state index in [9.17, 15) is 9.90 Å². The molecule has 0 spiro atoms. The monoisotopic (exact) mass is 446 g/mol. The van der Waals surface area contributed by atoms with Crippen LogP contribution in [0.1, 0.15) is 70.9 Å². The molecule has 0 radical (unpaired) electrons. The van der Waals surface area contributed by atoms with E-state index >= 15 is 0 Å². The zero-order valence-corrected chi connectivity index (χ0v) is 20.7. The Bertz CT molecular complexity index is 754. The minimum absolute atomic E-state index is 0.188. The molecule has 0 aromatic heterocycles. The van der Waals surface area contributed by atoms with E-state index in [2.05, 4.69) is 45.0 Å². The molecule has 1 aromatic carbocycles. The number of hydrogen-bond donors (Lipinski definition) is 1. The van der Waals surface area contributed by atoms with E-state index in [0.717, 1.165) is 30.4 Å². The van der Waals surface area contributed by atoms with Crippen LogP contribution in [0.3, 0.4) is 0 Å². The summed E-state index contributed by atoms with van der Waals surface area (Å²) in [4.78, 5) is 12.7. The Hall–Kier alpha value is -1.69. The summed E-state index contributed by atoms with van der Waals surface area (Å²) in [6, 6.07) is 8.34. The third-order valence-corrected chi connectivity index (χ3v) is 6.83. The molecule has 4 atom stereocenters. The van der Waals surface area contributed by atoms with Gasteiger partial charge in [-0.1, -0.05) is 51.1 Å². The quantitative estimate of drug-likeness (QED) is 0.493. The highest BCUT2D eigenvalue weighted by Gasteiger charge is 2.33. The summed E-state index contributed by atoms with van der Waals surface area (Å²) >= 11 is 0. The number of benzene rings is 1. The lowest BCUT2D eigenvalue weighted by Gasteiger charge is -2.34. The van der Waals surface area contributed by atoms with Crippen molar-refractivity contribution in [2.24, 2.45) is 5.92 Å². The van der Waals surface area contributed by atoms with Gasteiger partial charge in [0.2, 0.25) is 0 Å². The molecule has 5 nitrogen and oxygen atoms in total. The van der Waals surface area contributed by atoms with Crippen LogP contribution in [0.2, 0.25) is 0 Å². The van der Waals surface area contributed by atoms with Gasteiger partial charge in [0.05, 0.1) is 18.8 Å². The van der Waals surface area contributed by atoms with Crippen LogP contribution < -0.4 is 0 Å². The van der Waals surface area contributed by atoms with Gasteiger partial charge < -0.3 is 19.3 Å². The van der Waals surface area contributed by atoms with Gasteiger partial charge >= 0.3 is 5.97 Å². The van der Waals surface area contributed by atoms with Gasteiger partial charge in [-0.05, 0) is 42.9 Å². The van der Waals surface area contributed by atoms with Gasteiger partial charge in [0.15, 0.2) is 0 Å². The molecule has 180 valence electrons. The van der Waals surface area contributed by atoms with Gasteiger partial charge in [0, 0.05) is 44.8 Å². The number of fused-ring (bicyclic) bond motifs is 2. The van der Waals surface area contributed by atoms with E-state index in [1.165, 1.54) is 5.56 Å². The number of rotatable bonds is 6. The SMILES string of the molecule is CC[C@H](/C=C(/C)C1C[C@@H](OC)C[C@H](O)C(C)(C)c2cccc(c2)CCCC(=O)O1)COC. The van der Waals surface area contributed by atoms with Crippen molar-refractivity contribution < 1.29 is 24.1 Å². The van der Waals surface area contributed by atoms with Crippen molar-refractivity contribution in [3.8, 4) is 0 Å². The van der Waals surface area contributed by atoms with Gasteiger partial charge in [-0.3, -0.25) is 4.79 Å². The van der Waals surface area contributed by atoms with Crippen molar-refractivity contribution in [3.63, 3.8) is 0 Å². The summed E-state index contributed by atoms with van der Waals surface area (Å²) in [6.45, 7) is 8.92. The molecular weight excluding hydrogens is 404 g/mol. The number of aryl methyl sites for hydroxylation is 1. The van der Waals surface area contributed by atoms with Crippen LogP contribution in [0.25, 0.3) is 0 Å². The van der Waals surface area contributed by atoms with Crippen molar-refractivity contribution >= 4 is 5.97 Å². The third kappa shape index (κ3) is 7.43. The number of hydrogen-bond acceptors (Lipinski definition) is 5. The number of cyclic esters (lactones) is 1. The minimum atomic E-state index is -0.594. The van der Waals surface area contributed by atoms with Crippen LogP contribution in [0.15, 0.2) is 35.9 Å². The molecule has 1 heterocycles. The Morgan fingerprint density at radius 2 is 2.03 bits per heavy atom. The van der Waals surface area contributed by atoms with E-state index < -0.39 is 11.5 Å². The number of ether oxygens (including phenoxy) is 3. The van der Waals surface area contributed by atoms with Crippen LogP contribution in [0, 0.1) is 5.92 Å². The number of aliphatic hydroxyl groups excluding tert-OH is 1. The summed E-state index contributed by atoms with van der Waals surface area (Å²) in [6.07, 6.45) is 4.79. The topological polar surface area (TPSA) is 65.0 Å². The average Bonchev–Trinajstić information content (AvgIpc) is 2.77. The Morgan fingerprint density at radius 3 is 2.69 bits per heavy atom. The molecule has 1 aromatic rings. The molecule has 5 heteroatoms. The molecule has 32 heavy (non-hydrogen) atoms. The summed E-state index contributed by atoms with van der Waals surface area (Å²) in [5, 5.41) is 11.2. The van der Waals surface area contributed by atoms with Crippen LogP contribution >= 0.6 is 0 Å². The van der Waals surface area contributed by atoms with E-state index in [1.807, 2.05) is 13.0 Å². The molecule has 1 aliphatic rings. The first-order valence-corrected chi connectivity index (χ1v) is 11.9. The maximum Gasteiger partial charge on any atom is 0.306 e. The molecule has 1 aliphatic heterocycles. The number of methoxy groups -OCH3 is 2. The van der Waals surface area contributed by atoms with Gasteiger partial charge in [-0.2, -0.15) is 0 Å². The predicted molar refractivity (Wildman–Crippen MR) is 128 cm³/mol. The Labute approximate surface area is 194 Å². The largest absolute Gasteiger partial charge is 0.458 e. The second-order valence-electron chi connectivity index (χ2n) is 9.63.